The van der Waals surface area contributed by atoms with Crippen LogP contribution in [0.25, 0.3) is 6.08 Å². The highest BCUT2D eigenvalue weighted by Crippen LogP contribution is 2.47. The summed E-state index contributed by atoms with van der Waals surface area (Å²) in [7, 11) is 0. The van der Waals surface area contributed by atoms with Gasteiger partial charge in [0.2, 0.25) is 5.91 Å². The predicted octanol–water partition coefficient (Wildman–Crippen LogP) is 4.23. The molecule has 1 heterocycles. The maximum atomic E-state index is 12.5. The first-order chi connectivity index (χ1) is 13.1. The standard InChI is InChI=1S/C22H32N2O4/c1-14-12-17(14)18-10-8-16(27-18)9-11-19(25)24-22(5,15-6-7-15)13-23-20(26)28-21(2,3)4/h8-11,14-15,17H,6-7,12-13H2,1-5H3,(H,23,26)(H,24,25)/b11-9+. The van der Waals surface area contributed by atoms with Crippen LogP contribution in [0.2, 0.25) is 0 Å². The minimum Gasteiger partial charge on any atom is -0.461 e. The average Bonchev–Trinajstić information content (AvgIpc) is 3.50. The second-order valence-corrected chi connectivity index (χ2v) is 9.43. The molecule has 1 aromatic rings. The third-order valence-electron chi connectivity index (χ3n) is 5.41. The molecule has 2 N–H and O–H groups in total. The van der Waals surface area contributed by atoms with Gasteiger partial charge in [0.15, 0.2) is 0 Å². The van der Waals surface area contributed by atoms with Crippen LogP contribution >= 0.6 is 0 Å². The maximum Gasteiger partial charge on any atom is 0.407 e. The lowest BCUT2D eigenvalue weighted by Crippen LogP contribution is -2.55. The fraction of sp³-hybridized carbons (Fsp3) is 0.636. The SMILES string of the molecule is CC1CC1c1ccc(/C=C/C(=O)NC(C)(CNC(=O)OC(C)(C)C)C2CC2)o1. The fourth-order valence-corrected chi connectivity index (χ4v) is 3.44. The Bertz CT molecular complexity index is 757. The molecule has 6 nitrogen and oxygen atoms in total. The number of ether oxygens (including phenoxy) is 1. The van der Waals surface area contributed by atoms with Gasteiger partial charge in [0.1, 0.15) is 17.1 Å². The number of rotatable bonds is 7. The molecule has 3 atom stereocenters. The molecule has 2 fully saturated rings. The van der Waals surface area contributed by atoms with Crippen molar-refractivity contribution in [2.75, 3.05) is 6.54 Å². The van der Waals surface area contributed by atoms with E-state index in [4.69, 9.17) is 9.15 Å². The normalized spacial score (nSPS) is 23.9. The van der Waals surface area contributed by atoms with Crippen LogP contribution in [-0.2, 0) is 9.53 Å². The highest BCUT2D eigenvalue weighted by atomic mass is 16.6. The molecule has 0 bridgehead atoms. The van der Waals surface area contributed by atoms with Crippen molar-refractivity contribution in [1.29, 1.82) is 0 Å². The van der Waals surface area contributed by atoms with Gasteiger partial charge >= 0.3 is 6.09 Å². The van der Waals surface area contributed by atoms with Crippen LogP contribution < -0.4 is 10.6 Å². The number of furan rings is 1. The smallest absolute Gasteiger partial charge is 0.407 e. The molecular formula is C22H32N2O4. The van der Waals surface area contributed by atoms with Gasteiger partial charge in [0.25, 0.3) is 0 Å². The zero-order valence-corrected chi connectivity index (χ0v) is 17.5. The van der Waals surface area contributed by atoms with Crippen molar-refractivity contribution in [2.45, 2.75) is 70.9 Å². The highest BCUT2D eigenvalue weighted by Gasteiger charge is 2.42. The minimum atomic E-state index is -0.549. The number of carbonyl (C=O) groups excluding carboxylic acids is 2. The Morgan fingerprint density at radius 1 is 1.25 bits per heavy atom. The summed E-state index contributed by atoms with van der Waals surface area (Å²) >= 11 is 0. The third-order valence-corrected chi connectivity index (χ3v) is 5.41. The van der Waals surface area contributed by atoms with E-state index >= 15 is 0 Å². The molecule has 2 aliphatic rings. The van der Waals surface area contributed by atoms with Crippen LogP contribution in [0.4, 0.5) is 4.79 Å². The van der Waals surface area contributed by atoms with Gasteiger partial charge < -0.3 is 19.8 Å². The van der Waals surface area contributed by atoms with E-state index in [1.54, 1.807) is 6.08 Å². The Labute approximate surface area is 167 Å². The van der Waals surface area contributed by atoms with Crippen LogP contribution in [0.3, 0.4) is 0 Å². The highest BCUT2D eigenvalue weighted by molar-refractivity contribution is 5.92. The minimum absolute atomic E-state index is 0.196. The molecule has 3 unspecified atom stereocenters. The van der Waals surface area contributed by atoms with Crippen molar-refractivity contribution < 1.29 is 18.7 Å². The van der Waals surface area contributed by atoms with Crippen molar-refractivity contribution >= 4 is 18.1 Å². The van der Waals surface area contributed by atoms with E-state index in [0.29, 0.717) is 30.1 Å². The quantitative estimate of drug-likeness (QED) is 0.685. The summed E-state index contributed by atoms with van der Waals surface area (Å²) in [6.45, 7) is 9.97. The Kier molecular flexibility index (Phi) is 5.60. The molecule has 28 heavy (non-hydrogen) atoms. The van der Waals surface area contributed by atoms with Gasteiger partial charge in [-0.15, -0.1) is 0 Å². The van der Waals surface area contributed by atoms with E-state index in [1.807, 2.05) is 39.8 Å². The third kappa shape index (κ3) is 5.63. The summed E-state index contributed by atoms with van der Waals surface area (Å²) in [6.07, 6.45) is 5.96. The monoisotopic (exact) mass is 388 g/mol. The number of hydrogen-bond donors (Lipinski definition) is 2. The van der Waals surface area contributed by atoms with E-state index in [2.05, 4.69) is 17.6 Å². The lowest BCUT2D eigenvalue weighted by atomic mass is 9.95. The summed E-state index contributed by atoms with van der Waals surface area (Å²) in [5.41, 5.74) is -1.05. The molecule has 154 valence electrons. The predicted molar refractivity (Wildman–Crippen MR) is 108 cm³/mol. The molecule has 0 aliphatic heterocycles. The lowest BCUT2D eigenvalue weighted by Gasteiger charge is -2.31. The largest absolute Gasteiger partial charge is 0.461 e. The summed E-state index contributed by atoms with van der Waals surface area (Å²) in [4.78, 5) is 24.4. The number of alkyl carbamates (subject to hydrolysis) is 1. The molecule has 3 rings (SSSR count). The van der Waals surface area contributed by atoms with Gasteiger partial charge in [-0.1, -0.05) is 6.92 Å². The van der Waals surface area contributed by atoms with E-state index in [0.717, 1.165) is 18.6 Å². The molecule has 6 heteroatoms. The van der Waals surface area contributed by atoms with Crippen LogP contribution in [0.15, 0.2) is 22.6 Å². The van der Waals surface area contributed by atoms with Crippen molar-refractivity contribution in [3.05, 3.63) is 29.7 Å². The molecule has 0 radical (unpaired) electrons. The zero-order valence-electron chi connectivity index (χ0n) is 17.5. The number of hydrogen-bond acceptors (Lipinski definition) is 4. The Hall–Kier alpha value is -2.24. The molecule has 0 spiro atoms. The van der Waals surface area contributed by atoms with Crippen LogP contribution in [0.5, 0.6) is 0 Å². The summed E-state index contributed by atoms with van der Waals surface area (Å²) in [5, 5.41) is 5.84. The van der Waals surface area contributed by atoms with Crippen molar-refractivity contribution in [1.82, 2.24) is 10.6 Å². The van der Waals surface area contributed by atoms with E-state index < -0.39 is 17.2 Å². The van der Waals surface area contributed by atoms with E-state index in [-0.39, 0.29) is 5.91 Å². The van der Waals surface area contributed by atoms with Crippen molar-refractivity contribution in [2.24, 2.45) is 11.8 Å². The topological polar surface area (TPSA) is 80.6 Å². The first kappa shape index (κ1) is 20.5. The first-order valence-corrected chi connectivity index (χ1v) is 10.1. The molecule has 2 aliphatic carbocycles. The Morgan fingerprint density at radius 3 is 2.50 bits per heavy atom. The lowest BCUT2D eigenvalue weighted by molar-refractivity contribution is -0.118. The van der Waals surface area contributed by atoms with Crippen LogP contribution in [-0.4, -0.2) is 29.7 Å². The summed E-state index contributed by atoms with van der Waals surface area (Å²) < 4.78 is 11.1. The van der Waals surface area contributed by atoms with Crippen molar-refractivity contribution in [3.8, 4) is 0 Å². The molecule has 0 aromatic carbocycles. The Morgan fingerprint density at radius 2 is 1.93 bits per heavy atom. The number of amides is 2. The molecule has 0 saturated heterocycles. The Balaban J connectivity index is 1.53. The zero-order chi connectivity index (χ0) is 20.5. The molecule has 2 saturated carbocycles. The molecular weight excluding hydrogens is 356 g/mol. The van der Waals surface area contributed by atoms with Gasteiger partial charge in [-0.25, -0.2) is 4.79 Å². The van der Waals surface area contributed by atoms with Gasteiger partial charge in [-0.05, 0) is 77.0 Å². The number of carbonyl (C=O) groups is 2. The summed E-state index contributed by atoms with van der Waals surface area (Å²) in [6, 6.07) is 3.89. The van der Waals surface area contributed by atoms with Crippen molar-refractivity contribution in [3.63, 3.8) is 0 Å². The number of nitrogens with one attached hydrogen (secondary N) is 2. The molecule has 2 amide bonds. The van der Waals surface area contributed by atoms with Gasteiger partial charge in [-0.3, -0.25) is 4.79 Å². The summed E-state index contributed by atoms with van der Waals surface area (Å²) in [5.74, 6) is 3.04. The second-order valence-electron chi connectivity index (χ2n) is 9.43. The van der Waals surface area contributed by atoms with E-state index in [9.17, 15) is 9.59 Å². The van der Waals surface area contributed by atoms with Gasteiger partial charge in [-0.2, -0.15) is 0 Å². The fourth-order valence-electron chi connectivity index (χ4n) is 3.44. The molecule has 1 aromatic heterocycles. The van der Waals surface area contributed by atoms with Gasteiger partial charge in [0, 0.05) is 18.5 Å². The van der Waals surface area contributed by atoms with Gasteiger partial charge in [0.05, 0.1) is 5.54 Å². The van der Waals surface area contributed by atoms with Crippen LogP contribution in [0.1, 0.15) is 71.3 Å². The maximum absolute atomic E-state index is 12.5. The second kappa shape index (κ2) is 7.64. The average molecular weight is 389 g/mol. The first-order valence-electron chi connectivity index (χ1n) is 10.1. The van der Waals surface area contributed by atoms with E-state index in [1.165, 1.54) is 12.5 Å². The van der Waals surface area contributed by atoms with Crippen LogP contribution in [0, 0.1) is 11.8 Å².